The molecule has 1 aliphatic rings. The summed E-state index contributed by atoms with van der Waals surface area (Å²) >= 11 is 3.91. The van der Waals surface area contributed by atoms with Crippen LogP contribution in [-0.2, 0) is 28.9 Å². The molecular weight excluding hydrogens is 574 g/mol. The van der Waals surface area contributed by atoms with Crippen molar-refractivity contribution in [3.8, 4) is 5.69 Å². The number of carbonyl (C=O) groups is 3. The van der Waals surface area contributed by atoms with Crippen LogP contribution in [0.5, 0.6) is 0 Å². The number of carbonyl (C=O) groups excluding carboxylic acids is 3. The molecule has 0 spiro atoms. The molecule has 0 aliphatic heterocycles. The minimum Gasteiger partial charge on any atom is -0.462 e. The van der Waals surface area contributed by atoms with Gasteiger partial charge in [-0.05, 0) is 74.4 Å². The number of nitrogens with zero attached hydrogens (tertiary/aromatic N) is 3. The van der Waals surface area contributed by atoms with Crippen molar-refractivity contribution < 1.29 is 23.5 Å². The average molecular weight is 600 g/mol. The van der Waals surface area contributed by atoms with Crippen LogP contribution < -0.4 is 10.6 Å². The highest BCUT2D eigenvalue weighted by Crippen LogP contribution is 2.40. The average Bonchev–Trinajstić information content (AvgIpc) is 3.73. The summed E-state index contributed by atoms with van der Waals surface area (Å²) in [6.07, 6.45) is 2.63. The fourth-order valence-corrected chi connectivity index (χ4v) is 7.14. The number of aryl methyl sites for hydroxylation is 1. The highest BCUT2D eigenvalue weighted by Gasteiger charge is 2.30. The molecule has 13 heteroatoms. The van der Waals surface area contributed by atoms with E-state index in [-0.39, 0.29) is 25.0 Å². The van der Waals surface area contributed by atoms with Gasteiger partial charge < -0.3 is 15.4 Å². The lowest BCUT2D eigenvalue weighted by Crippen LogP contribution is -2.25. The molecule has 3 aromatic heterocycles. The fraction of sp³-hybridized carbons (Fsp3) is 0.296. The number of thioether (sulfide) groups is 1. The SMILES string of the molecule is CCOC(=O)c1c(NC(=O)C(C)Sc2nnc(CNC(=O)c3cccs3)n2-c2ccc(F)cc2)sc2c1CCC2. The molecule has 0 radical (unpaired) electrons. The molecule has 0 saturated heterocycles. The molecule has 4 aromatic rings. The maximum Gasteiger partial charge on any atom is 0.341 e. The molecule has 0 saturated carbocycles. The second-order valence-corrected chi connectivity index (χ2v) is 12.3. The van der Waals surface area contributed by atoms with Crippen molar-refractivity contribution in [3.63, 3.8) is 0 Å². The molecule has 1 aromatic carbocycles. The van der Waals surface area contributed by atoms with Crippen molar-refractivity contribution in [2.75, 3.05) is 11.9 Å². The third kappa shape index (κ3) is 5.96. The number of hydrogen-bond donors (Lipinski definition) is 2. The predicted octanol–water partition coefficient (Wildman–Crippen LogP) is 5.24. The quantitative estimate of drug-likeness (QED) is 0.189. The zero-order valence-corrected chi connectivity index (χ0v) is 24.2. The van der Waals surface area contributed by atoms with Gasteiger partial charge >= 0.3 is 5.97 Å². The number of benzene rings is 1. The number of aromatic nitrogens is 3. The maximum atomic E-state index is 13.7. The van der Waals surface area contributed by atoms with Crippen LogP contribution in [0.4, 0.5) is 9.39 Å². The summed E-state index contributed by atoms with van der Waals surface area (Å²) < 4.78 is 20.6. The van der Waals surface area contributed by atoms with E-state index in [1.165, 1.54) is 46.6 Å². The number of anilines is 1. The highest BCUT2D eigenvalue weighted by atomic mass is 32.2. The molecule has 0 bridgehead atoms. The van der Waals surface area contributed by atoms with E-state index in [9.17, 15) is 18.8 Å². The Morgan fingerprint density at radius 3 is 2.70 bits per heavy atom. The summed E-state index contributed by atoms with van der Waals surface area (Å²) in [5, 5.41) is 16.4. The Kier molecular flexibility index (Phi) is 8.62. The van der Waals surface area contributed by atoms with Gasteiger partial charge in [-0.3, -0.25) is 14.2 Å². The summed E-state index contributed by atoms with van der Waals surface area (Å²) in [5.74, 6) is -0.956. The van der Waals surface area contributed by atoms with Gasteiger partial charge in [-0.2, -0.15) is 0 Å². The third-order valence-electron chi connectivity index (χ3n) is 6.23. The molecule has 0 fully saturated rings. The number of esters is 1. The van der Waals surface area contributed by atoms with Gasteiger partial charge in [-0.1, -0.05) is 17.8 Å². The summed E-state index contributed by atoms with van der Waals surface area (Å²) in [7, 11) is 0. The third-order valence-corrected chi connectivity index (χ3v) is 9.34. The second-order valence-electron chi connectivity index (χ2n) is 8.90. The molecule has 5 rings (SSSR count). The van der Waals surface area contributed by atoms with Gasteiger partial charge in [-0.15, -0.1) is 32.9 Å². The van der Waals surface area contributed by atoms with Gasteiger partial charge in [0.15, 0.2) is 11.0 Å². The van der Waals surface area contributed by atoms with Crippen LogP contribution in [0.15, 0.2) is 46.9 Å². The second kappa shape index (κ2) is 12.3. The van der Waals surface area contributed by atoms with Crippen molar-refractivity contribution in [3.05, 3.63) is 74.3 Å². The maximum absolute atomic E-state index is 13.7. The van der Waals surface area contributed by atoms with Crippen molar-refractivity contribution in [2.24, 2.45) is 0 Å². The largest absolute Gasteiger partial charge is 0.462 e. The van der Waals surface area contributed by atoms with Gasteiger partial charge in [-0.25, -0.2) is 9.18 Å². The van der Waals surface area contributed by atoms with E-state index < -0.39 is 17.0 Å². The highest BCUT2D eigenvalue weighted by molar-refractivity contribution is 8.00. The number of rotatable bonds is 10. The van der Waals surface area contributed by atoms with Gasteiger partial charge in [0.2, 0.25) is 5.91 Å². The lowest BCUT2D eigenvalue weighted by molar-refractivity contribution is -0.115. The first-order valence-corrected chi connectivity index (χ1v) is 15.2. The number of hydrogen-bond acceptors (Lipinski definition) is 9. The summed E-state index contributed by atoms with van der Waals surface area (Å²) in [6.45, 7) is 3.80. The van der Waals surface area contributed by atoms with Crippen molar-refractivity contribution in [2.45, 2.75) is 50.1 Å². The first-order chi connectivity index (χ1) is 19.4. The first-order valence-electron chi connectivity index (χ1n) is 12.7. The van der Waals surface area contributed by atoms with Gasteiger partial charge in [0.25, 0.3) is 5.91 Å². The van der Waals surface area contributed by atoms with Crippen LogP contribution in [0.2, 0.25) is 0 Å². The lowest BCUT2D eigenvalue weighted by atomic mass is 10.1. The van der Waals surface area contributed by atoms with Crippen LogP contribution in [0, 0.1) is 5.82 Å². The summed E-state index contributed by atoms with van der Waals surface area (Å²) in [6, 6.07) is 9.32. The Labute approximate surface area is 242 Å². The van der Waals surface area contributed by atoms with Crippen molar-refractivity contribution in [1.29, 1.82) is 0 Å². The zero-order chi connectivity index (χ0) is 28.2. The zero-order valence-electron chi connectivity index (χ0n) is 21.7. The molecule has 40 heavy (non-hydrogen) atoms. The minimum absolute atomic E-state index is 0.0753. The smallest absolute Gasteiger partial charge is 0.341 e. The molecule has 9 nitrogen and oxygen atoms in total. The van der Waals surface area contributed by atoms with E-state index in [2.05, 4.69) is 20.8 Å². The van der Waals surface area contributed by atoms with E-state index in [1.807, 2.05) is 5.38 Å². The molecule has 1 atom stereocenters. The molecule has 2 N–H and O–H groups in total. The van der Waals surface area contributed by atoms with E-state index >= 15 is 0 Å². The van der Waals surface area contributed by atoms with E-state index in [0.29, 0.717) is 32.1 Å². The Morgan fingerprint density at radius 2 is 1.98 bits per heavy atom. The topological polar surface area (TPSA) is 115 Å². The van der Waals surface area contributed by atoms with Gasteiger partial charge in [0, 0.05) is 10.6 Å². The molecular formula is C27H26FN5O4S3. The van der Waals surface area contributed by atoms with Crippen molar-refractivity contribution >= 4 is 57.2 Å². The van der Waals surface area contributed by atoms with Gasteiger partial charge in [0.1, 0.15) is 10.8 Å². The van der Waals surface area contributed by atoms with Crippen LogP contribution in [0.3, 0.4) is 0 Å². The monoisotopic (exact) mass is 599 g/mol. The van der Waals surface area contributed by atoms with Gasteiger partial charge in [0.05, 0.1) is 28.8 Å². The van der Waals surface area contributed by atoms with E-state index in [1.54, 1.807) is 42.7 Å². The number of thiophene rings is 2. The number of nitrogens with one attached hydrogen (secondary N) is 2. The molecule has 2 amide bonds. The Balaban J connectivity index is 1.36. The molecule has 1 aliphatic carbocycles. The lowest BCUT2D eigenvalue weighted by Gasteiger charge is -2.14. The first kappa shape index (κ1) is 28.0. The van der Waals surface area contributed by atoms with Crippen LogP contribution >= 0.6 is 34.4 Å². The molecule has 208 valence electrons. The minimum atomic E-state index is -0.621. The predicted molar refractivity (Wildman–Crippen MR) is 153 cm³/mol. The number of halogens is 1. The number of fused-ring (bicyclic) bond motifs is 1. The van der Waals surface area contributed by atoms with Crippen LogP contribution in [0.25, 0.3) is 5.69 Å². The summed E-state index contributed by atoms with van der Waals surface area (Å²) in [5.41, 5.74) is 1.99. The molecule has 3 heterocycles. The Morgan fingerprint density at radius 1 is 1.18 bits per heavy atom. The van der Waals surface area contributed by atoms with E-state index in [0.717, 1.165) is 29.7 Å². The molecule has 1 unspecified atom stereocenters. The van der Waals surface area contributed by atoms with Crippen LogP contribution in [-0.4, -0.2) is 44.4 Å². The Bertz CT molecular complexity index is 1530. The van der Waals surface area contributed by atoms with Crippen molar-refractivity contribution in [1.82, 2.24) is 20.1 Å². The summed E-state index contributed by atoms with van der Waals surface area (Å²) in [4.78, 5) is 40.1. The normalized spacial score (nSPS) is 13.1. The number of ether oxygens (including phenoxy) is 1. The fourth-order valence-electron chi connectivity index (χ4n) is 4.33. The van der Waals surface area contributed by atoms with Crippen LogP contribution in [0.1, 0.15) is 56.6 Å². The van der Waals surface area contributed by atoms with E-state index in [4.69, 9.17) is 4.74 Å². The standard InChI is InChI=1S/C27H26FN5O4S3/c1-3-37-26(36)22-18-6-4-7-19(18)40-25(22)30-23(34)15(2)39-27-32-31-21(14-29-24(35)20-8-5-13-38-20)33(27)17-11-9-16(28)10-12-17/h5,8-13,15H,3-4,6-7,14H2,1-2H3,(H,29,35)(H,30,34). The number of amides is 2. The Hall–Kier alpha value is -3.55.